The monoisotopic (exact) mass is 397 g/mol. The van der Waals surface area contributed by atoms with E-state index in [1.165, 1.54) is 35.5 Å². The second kappa shape index (κ2) is 11.1. The molecule has 0 atom stereocenters. The van der Waals surface area contributed by atoms with Gasteiger partial charge in [0.1, 0.15) is 0 Å². The summed E-state index contributed by atoms with van der Waals surface area (Å²) >= 11 is 2.03. The van der Waals surface area contributed by atoms with Crippen LogP contribution in [0.25, 0.3) is 0 Å². The molecule has 2 amide bonds. The summed E-state index contributed by atoms with van der Waals surface area (Å²) in [4.78, 5) is 13.8. The summed E-state index contributed by atoms with van der Waals surface area (Å²) in [5.74, 6) is 2.72. The average molecular weight is 398 g/mol. The second-order valence-electron chi connectivity index (χ2n) is 7.33. The van der Waals surface area contributed by atoms with Crippen LogP contribution in [0.15, 0.2) is 60.7 Å². The number of carbonyl (C=O) groups is 1. The lowest BCUT2D eigenvalue weighted by Gasteiger charge is -2.27. The lowest BCUT2D eigenvalue weighted by molar-refractivity contribution is 0.205. The molecule has 5 heteroatoms. The number of urea groups is 1. The average Bonchev–Trinajstić information content (AvgIpc) is 2.75. The van der Waals surface area contributed by atoms with Gasteiger partial charge in [-0.05, 0) is 41.9 Å². The molecular formula is C23H31N3OS. The van der Waals surface area contributed by atoms with Crippen molar-refractivity contribution in [3.05, 3.63) is 71.8 Å². The van der Waals surface area contributed by atoms with E-state index in [1.807, 2.05) is 23.9 Å². The molecule has 3 rings (SSSR count). The molecule has 0 bridgehead atoms. The fourth-order valence-corrected chi connectivity index (χ4v) is 4.93. The van der Waals surface area contributed by atoms with Gasteiger partial charge in [0, 0.05) is 31.6 Å². The van der Waals surface area contributed by atoms with Crippen LogP contribution in [0.3, 0.4) is 0 Å². The van der Waals surface area contributed by atoms with Gasteiger partial charge in [0.05, 0.1) is 0 Å². The molecule has 0 radical (unpaired) electrons. The Morgan fingerprint density at radius 2 is 1.57 bits per heavy atom. The molecule has 1 heterocycles. The molecule has 2 aromatic rings. The Labute approximate surface area is 172 Å². The number of hydrogen-bond donors (Lipinski definition) is 2. The van der Waals surface area contributed by atoms with Crippen LogP contribution < -0.4 is 11.1 Å². The summed E-state index contributed by atoms with van der Waals surface area (Å²) in [6.45, 7) is 2.13. The summed E-state index contributed by atoms with van der Waals surface area (Å²) in [7, 11) is 0. The molecule has 1 aliphatic rings. The molecular weight excluding hydrogens is 366 g/mol. The number of amides is 2. The Bertz CT molecular complexity index is 665. The largest absolute Gasteiger partial charge is 0.351 e. The molecule has 28 heavy (non-hydrogen) atoms. The van der Waals surface area contributed by atoms with Gasteiger partial charge in [-0.2, -0.15) is 11.8 Å². The highest BCUT2D eigenvalue weighted by Gasteiger charge is 2.18. The molecule has 4 nitrogen and oxygen atoms in total. The molecule has 3 N–H and O–H groups in total. The summed E-state index contributed by atoms with van der Waals surface area (Å²) in [6.07, 6.45) is 3.29. The highest BCUT2D eigenvalue weighted by Crippen LogP contribution is 2.28. The molecule has 150 valence electrons. The predicted octanol–water partition coefficient (Wildman–Crippen LogP) is 4.07. The normalized spacial score (nSPS) is 14.9. The third-order valence-electron chi connectivity index (χ3n) is 5.44. The van der Waals surface area contributed by atoms with Crippen molar-refractivity contribution in [3.8, 4) is 0 Å². The number of nitrogens with zero attached hydrogens (tertiary/aromatic N) is 1. The molecule has 1 saturated heterocycles. The van der Waals surface area contributed by atoms with E-state index in [1.54, 1.807) is 4.90 Å². The van der Waals surface area contributed by atoms with Crippen LogP contribution in [0.1, 0.15) is 36.3 Å². The Balaban J connectivity index is 1.58. The first kappa shape index (κ1) is 20.7. The van der Waals surface area contributed by atoms with Gasteiger partial charge in [-0.15, -0.1) is 0 Å². The minimum atomic E-state index is -0.333. The van der Waals surface area contributed by atoms with Crippen molar-refractivity contribution in [1.82, 2.24) is 10.2 Å². The van der Waals surface area contributed by atoms with Crippen molar-refractivity contribution in [2.45, 2.75) is 31.2 Å². The second-order valence-corrected chi connectivity index (χ2v) is 8.55. The minimum Gasteiger partial charge on any atom is -0.351 e. The summed E-state index contributed by atoms with van der Waals surface area (Å²) < 4.78 is 0. The zero-order valence-electron chi connectivity index (χ0n) is 16.4. The minimum absolute atomic E-state index is 0.257. The number of carbonyl (C=O) groups excluding carboxylic acids is 1. The van der Waals surface area contributed by atoms with Crippen molar-refractivity contribution in [1.29, 1.82) is 0 Å². The van der Waals surface area contributed by atoms with Crippen LogP contribution >= 0.6 is 11.8 Å². The van der Waals surface area contributed by atoms with Crippen LogP contribution in [0, 0.1) is 0 Å². The Morgan fingerprint density at radius 3 is 2.11 bits per heavy atom. The number of benzene rings is 2. The van der Waals surface area contributed by atoms with Gasteiger partial charge >= 0.3 is 6.03 Å². The fourth-order valence-electron chi connectivity index (χ4n) is 3.82. The van der Waals surface area contributed by atoms with Crippen molar-refractivity contribution < 1.29 is 4.79 Å². The summed E-state index contributed by atoms with van der Waals surface area (Å²) in [5.41, 5.74) is 8.22. The van der Waals surface area contributed by atoms with Gasteiger partial charge in [-0.3, -0.25) is 0 Å². The smallest absolute Gasteiger partial charge is 0.314 e. The molecule has 2 aromatic carbocycles. The van der Waals surface area contributed by atoms with Gasteiger partial charge < -0.3 is 16.0 Å². The Morgan fingerprint density at radius 1 is 1.00 bits per heavy atom. The van der Waals surface area contributed by atoms with Crippen LogP contribution in [0.5, 0.6) is 0 Å². The maximum atomic E-state index is 12.0. The predicted molar refractivity (Wildman–Crippen MR) is 119 cm³/mol. The maximum Gasteiger partial charge on any atom is 0.314 e. The van der Waals surface area contributed by atoms with Crippen LogP contribution in [0.2, 0.25) is 0 Å². The third kappa shape index (κ3) is 6.28. The van der Waals surface area contributed by atoms with E-state index < -0.39 is 0 Å². The van der Waals surface area contributed by atoms with E-state index in [2.05, 4.69) is 53.8 Å². The van der Waals surface area contributed by atoms with Crippen LogP contribution in [0.4, 0.5) is 4.79 Å². The van der Waals surface area contributed by atoms with Crippen molar-refractivity contribution in [2.75, 3.05) is 31.1 Å². The first-order valence-corrected chi connectivity index (χ1v) is 11.3. The number of nitrogens with one attached hydrogen (secondary N) is 1. The van der Waals surface area contributed by atoms with Gasteiger partial charge in [0.15, 0.2) is 0 Å². The Kier molecular flexibility index (Phi) is 8.24. The number of rotatable bonds is 9. The first-order chi connectivity index (χ1) is 13.7. The molecule has 0 saturated carbocycles. The van der Waals surface area contributed by atoms with E-state index in [0.29, 0.717) is 19.1 Å². The highest BCUT2D eigenvalue weighted by molar-refractivity contribution is 7.99. The highest BCUT2D eigenvalue weighted by atomic mass is 32.2. The van der Waals surface area contributed by atoms with E-state index in [0.717, 1.165) is 13.0 Å². The molecule has 0 aromatic heterocycles. The SMILES string of the molecule is NC(=O)N(CCNC1CCSCC1)CCC(c1ccccc1)c1ccccc1. The lowest BCUT2D eigenvalue weighted by Crippen LogP contribution is -2.43. The molecule has 1 aliphatic heterocycles. The topological polar surface area (TPSA) is 58.4 Å². The van der Waals surface area contributed by atoms with Crippen molar-refractivity contribution >= 4 is 17.8 Å². The zero-order chi connectivity index (χ0) is 19.6. The maximum absolute atomic E-state index is 12.0. The van der Waals surface area contributed by atoms with E-state index in [-0.39, 0.29) is 11.9 Å². The van der Waals surface area contributed by atoms with Gasteiger partial charge in [0.25, 0.3) is 0 Å². The summed E-state index contributed by atoms with van der Waals surface area (Å²) in [6, 6.07) is 21.3. The number of thioether (sulfide) groups is 1. The van der Waals surface area contributed by atoms with Gasteiger partial charge in [-0.25, -0.2) is 4.79 Å². The van der Waals surface area contributed by atoms with Gasteiger partial charge in [-0.1, -0.05) is 60.7 Å². The first-order valence-electron chi connectivity index (χ1n) is 10.2. The molecule has 0 unspecified atom stereocenters. The van der Waals surface area contributed by atoms with Crippen molar-refractivity contribution in [3.63, 3.8) is 0 Å². The number of primary amides is 1. The zero-order valence-corrected chi connectivity index (χ0v) is 17.2. The Hall–Kier alpha value is -1.98. The third-order valence-corrected chi connectivity index (χ3v) is 6.49. The molecule has 0 spiro atoms. The lowest BCUT2D eigenvalue weighted by atomic mass is 9.88. The van der Waals surface area contributed by atoms with Gasteiger partial charge in [0.2, 0.25) is 0 Å². The van der Waals surface area contributed by atoms with E-state index in [9.17, 15) is 4.79 Å². The standard InChI is InChI=1S/C23H31N3OS/c24-23(27)26(16-14-25-21-12-17-28-18-13-21)15-11-22(19-7-3-1-4-8-19)20-9-5-2-6-10-20/h1-10,21-22,25H,11-18H2,(H2,24,27). The van der Waals surface area contributed by atoms with E-state index >= 15 is 0 Å². The van der Waals surface area contributed by atoms with Crippen LogP contribution in [-0.4, -0.2) is 48.1 Å². The number of hydrogen-bond acceptors (Lipinski definition) is 3. The summed E-state index contributed by atoms with van der Waals surface area (Å²) in [5, 5.41) is 3.60. The van der Waals surface area contributed by atoms with Crippen LogP contribution in [-0.2, 0) is 0 Å². The fraction of sp³-hybridized carbons (Fsp3) is 0.435. The van der Waals surface area contributed by atoms with Crippen molar-refractivity contribution in [2.24, 2.45) is 5.73 Å². The quantitative estimate of drug-likeness (QED) is 0.670. The van der Waals surface area contributed by atoms with E-state index in [4.69, 9.17) is 5.73 Å². The molecule has 1 fully saturated rings. The number of nitrogens with two attached hydrogens (primary N) is 1. The molecule has 0 aliphatic carbocycles.